The lowest BCUT2D eigenvalue weighted by Crippen LogP contribution is -2.03. The van der Waals surface area contributed by atoms with Crippen LogP contribution in [0.25, 0.3) is 6.08 Å². The maximum Gasteiger partial charge on any atom is 0.161 e. The Morgan fingerprint density at radius 3 is 2.52 bits per heavy atom. The molecule has 0 N–H and O–H groups in total. The van der Waals surface area contributed by atoms with Crippen LogP contribution < -0.4 is 9.47 Å². The fraction of sp³-hybridized carbons (Fsp3) is 0.333. The summed E-state index contributed by atoms with van der Waals surface area (Å²) in [4.78, 5) is 0. The molecule has 0 saturated carbocycles. The summed E-state index contributed by atoms with van der Waals surface area (Å²) < 4.78 is 12.0. The van der Waals surface area contributed by atoms with Gasteiger partial charge in [-0.1, -0.05) is 48.0 Å². The molecule has 25 heavy (non-hydrogen) atoms. The van der Waals surface area contributed by atoms with Gasteiger partial charge >= 0.3 is 0 Å². The van der Waals surface area contributed by atoms with Crippen LogP contribution in [0.2, 0.25) is 0 Å². The predicted octanol–water partition coefficient (Wildman–Crippen LogP) is 5.79. The number of thioether (sulfide) groups is 2. The molecule has 2 aromatic rings. The van der Waals surface area contributed by atoms with Crippen molar-refractivity contribution < 1.29 is 9.47 Å². The largest absolute Gasteiger partial charge is 0.493 e. The van der Waals surface area contributed by atoms with Crippen molar-refractivity contribution in [3.05, 3.63) is 65.2 Å². The summed E-state index contributed by atoms with van der Waals surface area (Å²) >= 11 is 4.04. The molecule has 0 unspecified atom stereocenters. The molecule has 132 valence electrons. The number of benzene rings is 2. The van der Waals surface area contributed by atoms with Gasteiger partial charge in [-0.15, -0.1) is 23.5 Å². The number of methoxy groups -OCH3 is 1. The maximum absolute atomic E-state index is 5.95. The van der Waals surface area contributed by atoms with Crippen LogP contribution in [0.15, 0.2) is 48.5 Å². The van der Waals surface area contributed by atoms with Gasteiger partial charge in [0.1, 0.15) is 6.61 Å². The van der Waals surface area contributed by atoms with Gasteiger partial charge in [-0.25, -0.2) is 0 Å². The van der Waals surface area contributed by atoms with Gasteiger partial charge in [-0.3, -0.25) is 0 Å². The summed E-state index contributed by atoms with van der Waals surface area (Å²) in [5.74, 6) is 4.08. The molecule has 0 aliphatic carbocycles. The average molecular weight is 373 g/mol. The summed E-state index contributed by atoms with van der Waals surface area (Å²) in [5, 5.41) is 0. The summed E-state index contributed by atoms with van der Waals surface area (Å²) in [7, 11) is 1.69. The SMILES string of the molecule is COc1cc(C=CC2SCCCS2)ccc1OCc1ccc(C)cc1. The number of ether oxygens (including phenoxy) is 2. The van der Waals surface area contributed by atoms with E-state index in [1.54, 1.807) is 7.11 Å². The smallest absolute Gasteiger partial charge is 0.161 e. The molecule has 0 amide bonds. The molecule has 4 heteroatoms. The molecular weight excluding hydrogens is 348 g/mol. The Labute approximate surface area is 159 Å². The number of hydrogen-bond donors (Lipinski definition) is 0. The predicted molar refractivity (Wildman–Crippen MR) is 111 cm³/mol. The Hall–Kier alpha value is -1.52. The van der Waals surface area contributed by atoms with E-state index >= 15 is 0 Å². The van der Waals surface area contributed by atoms with Crippen LogP contribution in [0.4, 0.5) is 0 Å². The van der Waals surface area contributed by atoms with Gasteiger partial charge < -0.3 is 9.47 Å². The summed E-state index contributed by atoms with van der Waals surface area (Å²) in [6, 6.07) is 14.5. The van der Waals surface area contributed by atoms with E-state index in [9.17, 15) is 0 Å². The van der Waals surface area contributed by atoms with E-state index < -0.39 is 0 Å². The third-order valence-electron chi connectivity index (χ3n) is 4.00. The van der Waals surface area contributed by atoms with Crippen LogP contribution in [0.3, 0.4) is 0 Å². The van der Waals surface area contributed by atoms with Gasteiger partial charge in [-0.2, -0.15) is 0 Å². The normalized spacial score (nSPS) is 15.4. The van der Waals surface area contributed by atoms with Crippen LogP contribution in [0, 0.1) is 6.92 Å². The lowest BCUT2D eigenvalue weighted by Gasteiger charge is -2.17. The minimum atomic E-state index is 0.543. The van der Waals surface area contributed by atoms with Gasteiger partial charge in [-0.05, 0) is 48.1 Å². The standard InChI is InChI=1S/C21H24O2S2/c1-16-4-6-18(7-5-16)15-23-19-10-8-17(14-20(19)22-2)9-11-21-24-12-3-13-25-21/h4-11,14,21H,3,12-13,15H2,1-2H3. The zero-order chi connectivity index (χ0) is 17.5. The molecule has 2 nitrogen and oxygen atoms in total. The van der Waals surface area contributed by atoms with E-state index in [-0.39, 0.29) is 0 Å². The van der Waals surface area contributed by atoms with Crippen molar-refractivity contribution in [2.75, 3.05) is 18.6 Å². The Morgan fingerprint density at radius 1 is 1.04 bits per heavy atom. The first-order chi connectivity index (χ1) is 12.2. The van der Waals surface area contributed by atoms with E-state index in [1.165, 1.54) is 23.5 Å². The second-order valence-electron chi connectivity index (χ2n) is 6.01. The highest BCUT2D eigenvalue weighted by Gasteiger charge is 2.11. The van der Waals surface area contributed by atoms with Crippen molar-refractivity contribution in [3.63, 3.8) is 0 Å². The number of hydrogen-bond acceptors (Lipinski definition) is 4. The van der Waals surface area contributed by atoms with Crippen LogP contribution in [0.1, 0.15) is 23.1 Å². The highest BCUT2D eigenvalue weighted by molar-refractivity contribution is 8.17. The molecule has 2 aromatic carbocycles. The Balaban J connectivity index is 1.64. The van der Waals surface area contributed by atoms with E-state index in [0.717, 1.165) is 22.6 Å². The molecule has 1 fully saturated rings. The minimum absolute atomic E-state index is 0.543. The molecule has 0 bridgehead atoms. The van der Waals surface area contributed by atoms with Crippen LogP contribution in [0.5, 0.6) is 11.5 Å². The maximum atomic E-state index is 5.95. The first kappa shape index (κ1) is 18.3. The molecule has 0 aromatic heterocycles. The van der Waals surface area contributed by atoms with Crippen molar-refractivity contribution >= 4 is 29.6 Å². The van der Waals surface area contributed by atoms with E-state index in [2.05, 4.69) is 49.4 Å². The molecule has 3 rings (SSSR count). The third kappa shape index (κ3) is 5.48. The molecule has 1 heterocycles. The molecule has 0 radical (unpaired) electrons. The van der Waals surface area contributed by atoms with Crippen molar-refractivity contribution in [2.24, 2.45) is 0 Å². The average Bonchev–Trinajstić information content (AvgIpc) is 2.67. The Bertz CT molecular complexity index is 704. The van der Waals surface area contributed by atoms with E-state index in [1.807, 2.05) is 35.7 Å². The Kier molecular flexibility index (Phi) is 6.76. The molecular formula is C21H24O2S2. The van der Waals surface area contributed by atoms with Crippen molar-refractivity contribution in [3.8, 4) is 11.5 Å². The third-order valence-corrected chi connectivity index (χ3v) is 6.84. The van der Waals surface area contributed by atoms with Gasteiger partial charge in [0.05, 0.1) is 11.7 Å². The zero-order valence-electron chi connectivity index (χ0n) is 14.7. The highest BCUT2D eigenvalue weighted by Crippen LogP contribution is 2.33. The summed E-state index contributed by atoms with van der Waals surface area (Å²) in [6.07, 6.45) is 5.79. The van der Waals surface area contributed by atoms with E-state index in [4.69, 9.17) is 9.47 Å². The van der Waals surface area contributed by atoms with Crippen molar-refractivity contribution in [1.82, 2.24) is 0 Å². The summed E-state index contributed by atoms with van der Waals surface area (Å²) in [6.45, 7) is 2.63. The zero-order valence-corrected chi connectivity index (χ0v) is 16.4. The minimum Gasteiger partial charge on any atom is -0.493 e. The van der Waals surface area contributed by atoms with Gasteiger partial charge in [0.2, 0.25) is 0 Å². The van der Waals surface area contributed by atoms with Crippen molar-refractivity contribution in [2.45, 2.75) is 24.5 Å². The van der Waals surface area contributed by atoms with Crippen molar-refractivity contribution in [1.29, 1.82) is 0 Å². The fourth-order valence-corrected chi connectivity index (χ4v) is 5.17. The van der Waals surface area contributed by atoms with Crippen LogP contribution in [-0.2, 0) is 6.61 Å². The molecule has 0 atom stereocenters. The van der Waals surface area contributed by atoms with Gasteiger partial charge in [0, 0.05) is 0 Å². The first-order valence-corrected chi connectivity index (χ1v) is 10.6. The lowest BCUT2D eigenvalue weighted by atomic mass is 10.1. The topological polar surface area (TPSA) is 18.5 Å². The highest BCUT2D eigenvalue weighted by atomic mass is 32.2. The van der Waals surface area contributed by atoms with E-state index in [0.29, 0.717) is 11.2 Å². The number of aryl methyl sites for hydroxylation is 1. The van der Waals surface area contributed by atoms with Gasteiger partial charge in [0.15, 0.2) is 11.5 Å². The summed E-state index contributed by atoms with van der Waals surface area (Å²) in [5.41, 5.74) is 3.56. The first-order valence-electron chi connectivity index (χ1n) is 8.52. The molecule has 1 aliphatic heterocycles. The fourth-order valence-electron chi connectivity index (χ4n) is 2.56. The molecule has 1 aliphatic rings. The second kappa shape index (κ2) is 9.25. The van der Waals surface area contributed by atoms with Crippen LogP contribution in [-0.4, -0.2) is 23.2 Å². The lowest BCUT2D eigenvalue weighted by molar-refractivity contribution is 0.284. The molecule has 1 saturated heterocycles. The quantitative estimate of drug-likeness (QED) is 0.638. The number of rotatable bonds is 6. The Morgan fingerprint density at radius 2 is 1.80 bits per heavy atom. The molecule has 0 spiro atoms. The van der Waals surface area contributed by atoms with Gasteiger partial charge in [0.25, 0.3) is 0 Å². The monoisotopic (exact) mass is 372 g/mol. The second-order valence-corrected chi connectivity index (χ2v) is 8.80. The van der Waals surface area contributed by atoms with Crippen LogP contribution >= 0.6 is 23.5 Å².